The highest BCUT2D eigenvalue weighted by atomic mass is 19.4. The number of alkyl halides is 3. The minimum atomic E-state index is -4.86. The number of aliphatic hydroxyl groups is 1. The van der Waals surface area contributed by atoms with Crippen molar-refractivity contribution in [3.8, 4) is 5.75 Å². The second-order valence-electron chi connectivity index (χ2n) is 7.73. The summed E-state index contributed by atoms with van der Waals surface area (Å²) in [5.74, 6) is -6.91. The van der Waals surface area contributed by atoms with Crippen molar-refractivity contribution < 1.29 is 41.3 Å². The minimum absolute atomic E-state index is 0.0191. The molecular weight excluding hydrogens is 441 g/mol. The van der Waals surface area contributed by atoms with Crippen LogP contribution in [0, 0.1) is 17.6 Å². The van der Waals surface area contributed by atoms with E-state index in [1.165, 1.54) is 24.7 Å². The number of benzene rings is 1. The van der Waals surface area contributed by atoms with Gasteiger partial charge in [-0.15, -0.1) is 0 Å². The number of carbonyl (C=O) groups is 1. The Morgan fingerprint density at radius 1 is 1.38 bits per heavy atom. The molecule has 0 spiro atoms. The molecule has 0 unspecified atom stereocenters. The van der Waals surface area contributed by atoms with Crippen molar-refractivity contribution in [2.24, 2.45) is 13.0 Å². The topological polar surface area (TPSA) is 85.6 Å². The second-order valence-corrected chi connectivity index (χ2v) is 7.73. The van der Waals surface area contributed by atoms with E-state index in [2.05, 4.69) is 10.4 Å². The Morgan fingerprint density at radius 2 is 2.03 bits per heavy atom. The lowest BCUT2D eigenvalue weighted by Crippen LogP contribution is -2.47. The maximum Gasteiger partial charge on any atom is 0.417 e. The molecule has 1 aliphatic heterocycles. The van der Waals surface area contributed by atoms with Crippen LogP contribution in [0.1, 0.15) is 31.0 Å². The Hall–Kier alpha value is -2.73. The van der Waals surface area contributed by atoms with E-state index < -0.39 is 53.0 Å². The van der Waals surface area contributed by atoms with Gasteiger partial charge in [-0.25, -0.2) is 4.39 Å². The number of carbonyl (C=O) groups excluding carboxylic acids is 1. The molecule has 2 N–H and O–H groups in total. The van der Waals surface area contributed by atoms with E-state index in [0.717, 1.165) is 26.2 Å². The predicted octanol–water partition coefficient (Wildman–Crippen LogP) is 3.28. The molecule has 1 aromatic heterocycles. The lowest BCUT2D eigenvalue weighted by atomic mass is 9.77. The predicted molar refractivity (Wildman–Crippen MR) is 102 cm³/mol. The summed E-state index contributed by atoms with van der Waals surface area (Å²) in [5, 5.41) is 15.6. The second kappa shape index (κ2) is 8.32. The van der Waals surface area contributed by atoms with Crippen LogP contribution in [0.15, 0.2) is 18.2 Å². The number of hydrogen-bond donors (Lipinski definition) is 2. The molecule has 176 valence electrons. The third-order valence-corrected chi connectivity index (χ3v) is 5.96. The van der Waals surface area contributed by atoms with E-state index in [1.807, 2.05) is 0 Å². The lowest BCUT2D eigenvalue weighted by molar-refractivity contribution is -0.272. The minimum Gasteiger partial charge on any atom is -0.493 e. The third kappa shape index (κ3) is 3.81. The van der Waals surface area contributed by atoms with Crippen LogP contribution in [0.25, 0.3) is 0 Å². The zero-order chi connectivity index (χ0) is 24.0. The summed E-state index contributed by atoms with van der Waals surface area (Å²) < 4.78 is 81.2. The average Bonchev–Trinajstić information content (AvgIpc) is 3.21. The summed E-state index contributed by atoms with van der Waals surface area (Å²) in [5.41, 5.74) is -2.54. The van der Waals surface area contributed by atoms with Gasteiger partial charge in [-0.1, -0.05) is 13.0 Å². The number of aliphatic hydroxyl groups excluding tert-OH is 1. The van der Waals surface area contributed by atoms with Crippen LogP contribution < -0.4 is 10.1 Å². The number of nitrogens with zero attached hydrogens (tertiary/aromatic N) is 2. The van der Waals surface area contributed by atoms with Crippen LogP contribution in [0.2, 0.25) is 0 Å². The highest BCUT2D eigenvalue weighted by molar-refractivity contribution is 5.94. The molecule has 0 aliphatic carbocycles. The summed E-state index contributed by atoms with van der Waals surface area (Å²) in [6.45, 7) is 1.64. The standard InChI is InChI=1S/C20H22F5N3O4/c1-9-14(11-5-6-12(21)15(22)16(11)31-4)17(32-19(9,2)20(23,24)25)18(30)26-13-7-10(8-29)28(3)27-13/h5-7,9,14,17,29H,8H2,1-4H3,(H,26,27,30)/t9-,14-,17+,19+/m0/s1. The number of ether oxygens (including phenoxy) is 2. The van der Waals surface area contributed by atoms with Gasteiger partial charge in [-0.3, -0.25) is 9.48 Å². The van der Waals surface area contributed by atoms with Gasteiger partial charge < -0.3 is 19.9 Å². The number of anilines is 1. The number of amides is 1. The Morgan fingerprint density at radius 3 is 2.56 bits per heavy atom. The Labute approximate surface area is 180 Å². The van der Waals surface area contributed by atoms with Crippen molar-refractivity contribution in [2.45, 2.75) is 44.3 Å². The van der Waals surface area contributed by atoms with Crippen molar-refractivity contribution in [1.29, 1.82) is 0 Å². The summed E-state index contributed by atoms with van der Waals surface area (Å²) in [6, 6.07) is 3.17. The van der Waals surface area contributed by atoms with Crippen molar-refractivity contribution in [1.82, 2.24) is 9.78 Å². The van der Waals surface area contributed by atoms with Gasteiger partial charge in [-0.05, 0) is 13.0 Å². The van der Waals surface area contributed by atoms with Gasteiger partial charge in [0.2, 0.25) is 5.82 Å². The zero-order valence-electron chi connectivity index (χ0n) is 17.6. The Kier molecular flexibility index (Phi) is 6.22. The fraction of sp³-hybridized carbons (Fsp3) is 0.500. The van der Waals surface area contributed by atoms with Gasteiger partial charge in [0.25, 0.3) is 5.91 Å². The summed E-state index contributed by atoms with van der Waals surface area (Å²) in [7, 11) is 2.55. The van der Waals surface area contributed by atoms with Crippen molar-refractivity contribution in [3.63, 3.8) is 0 Å². The number of aromatic nitrogens is 2. The molecule has 1 aliphatic rings. The first kappa shape index (κ1) is 23.9. The van der Waals surface area contributed by atoms with Gasteiger partial charge in [0.05, 0.1) is 19.4 Å². The van der Waals surface area contributed by atoms with E-state index in [9.17, 15) is 31.9 Å². The van der Waals surface area contributed by atoms with E-state index in [1.54, 1.807) is 0 Å². The summed E-state index contributed by atoms with van der Waals surface area (Å²) in [4.78, 5) is 13.0. The molecule has 0 bridgehead atoms. The molecule has 0 saturated carbocycles. The Bertz CT molecular complexity index is 1030. The molecule has 1 saturated heterocycles. The van der Waals surface area contributed by atoms with Crippen LogP contribution in [-0.2, 0) is 23.2 Å². The highest BCUT2D eigenvalue weighted by Gasteiger charge is 2.66. The van der Waals surface area contributed by atoms with Gasteiger partial charge in [0, 0.05) is 30.5 Å². The molecule has 12 heteroatoms. The monoisotopic (exact) mass is 463 g/mol. The van der Waals surface area contributed by atoms with E-state index >= 15 is 0 Å². The summed E-state index contributed by atoms with van der Waals surface area (Å²) in [6.07, 6.45) is -6.59. The quantitative estimate of drug-likeness (QED) is 0.665. The molecule has 32 heavy (non-hydrogen) atoms. The van der Waals surface area contributed by atoms with Crippen molar-refractivity contribution >= 4 is 11.7 Å². The molecule has 2 heterocycles. The highest BCUT2D eigenvalue weighted by Crippen LogP contribution is 2.54. The first-order chi connectivity index (χ1) is 14.9. The first-order valence-electron chi connectivity index (χ1n) is 9.56. The van der Waals surface area contributed by atoms with Crippen LogP contribution in [0.5, 0.6) is 5.75 Å². The maximum atomic E-state index is 14.3. The fourth-order valence-corrected chi connectivity index (χ4v) is 3.95. The van der Waals surface area contributed by atoms with Crippen LogP contribution >= 0.6 is 0 Å². The average molecular weight is 463 g/mol. The lowest BCUT2D eigenvalue weighted by Gasteiger charge is -2.32. The van der Waals surface area contributed by atoms with Gasteiger partial charge in [0.15, 0.2) is 23.0 Å². The molecule has 1 amide bonds. The van der Waals surface area contributed by atoms with E-state index in [-0.39, 0.29) is 18.0 Å². The maximum absolute atomic E-state index is 14.3. The summed E-state index contributed by atoms with van der Waals surface area (Å²) >= 11 is 0. The molecule has 3 rings (SSSR count). The first-order valence-corrected chi connectivity index (χ1v) is 9.56. The van der Waals surface area contributed by atoms with E-state index in [4.69, 9.17) is 9.47 Å². The van der Waals surface area contributed by atoms with Crippen molar-refractivity contribution in [3.05, 3.63) is 41.1 Å². The molecule has 4 atom stereocenters. The largest absolute Gasteiger partial charge is 0.493 e. The third-order valence-electron chi connectivity index (χ3n) is 5.96. The van der Waals surface area contributed by atoms with Crippen LogP contribution in [0.3, 0.4) is 0 Å². The number of methoxy groups -OCH3 is 1. The zero-order valence-corrected chi connectivity index (χ0v) is 17.6. The smallest absolute Gasteiger partial charge is 0.417 e. The number of aryl methyl sites for hydroxylation is 1. The number of nitrogens with one attached hydrogen (secondary N) is 1. The molecule has 1 aromatic carbocycles. The number of rotatable bonds is 5. The molecular formula is C20H22F5N3O4. The van der Waals surface area contributed by atoms with Gasteiger partial charge in [-0.2, -0.15) is 22.7 Å². The Balaban J connectivity index is 2.07. The van der Waals surface area contributed by atoms with Gasteiger partial charge in [0.1, 0.15) is 6.10 Å². The SMILES string of the molecule is COc1c([C@H]2[C@H](C(=O)Nc3cc(CO)n(C)n3)O[C@@](C)(C(F)(F)F)[C@H]2C)ccc(F)c1F. The van der Waals surface area contributed by atoms with Gasteiger partial charge >= 0.3 is 6.18 Å². The normalized spacial score (nSPS) is 25.8. The number of hydrogen-bond acceptors (Lipinski definition) is 5. The molecule has 2 aromatic rings. The van der Waals surface area contributed by atoms with Crippen LogP contribution in [0.4, 0.5) is 27.8 Å². The molecule has 0 radical (unpaired) electrons. The van der Waals surface area contributed by atoms with E-state index in [0.29, 0.717) is 5.69 Å². The van der Waals surface area contributed by atoms with Crippen LogP contribution in [-0.4, -0.2) is 45.8 Å². The fourth-order valence-electron chi connectivity index (χ4n) is 3.95. The number of halogens is 5. The molecule has 1 fully saturated rings. The van der Waals surface area contributed by atoms with Crippen molar-refractivity contribution in [2.75, 3.05) is 12.4 Å². The molecule has 7 nitrogen and oxygen atoms in total.